The number of benzene rings is 1. The summed E-state index contributed by atoms with van der Waals surface area (Å²) in [6.07, 6.45) is 10.7. The summed E-state index contributed by atoms with van der Waals surface area (Å²) in [7, 11) is 5.42. The van der Waals surface area contributed by atoms with E-state index in [9.17, 15) is 0 Å². The molecule has 1 aliphatic carbocycles. The molecular formula is C16H17NO2. The molecule has 1 heterocycles. The molecule has 3 rings (SSSR count). The van der Waals surface area contributed by atoms with Crippen molar-refractivity contribution in [3.63, 3.8) is 0 Å². The molecule has 1 atom stereocenters. The fourth-order valence-corrected chi connectivity index (χ4v) is 2.69. The summed E-state index contributed by atoms with van der Waals surface area (Å²) < 4.78 is 10.8. The third-order valence-corrected chi connectivity index (χ3v) is 3.65. The Bertz CT molecular complexity index is 685. The molecule has 1 unspecified atom stereocenters. The van der Waals surface area contributed by atoms with Gasteiger partial charge in [0.05, 0.1) is 20.3 Å². The second-order valence-electron chi connectivity index (χ2n) is 4.73. The van der Waals surface area contributed by atoms with E-state index in [0.29, 0.717) is 6.04 Å². The fourth-order valence-electron chi connectivity index (χ4n) is 2.69. The molecule has 19 heavy (non-hydrogen) atoms. The highest BCUT2D eigenvalue weighted by molar-refractivity contribution is 5.70. The highest BCUT2D eigenvalue weighted by atomic mass is 16.5. The molecule has 98 valence electrons. The van der Waals surface area contributed by atoms with E-state index in [-0.39, 0.29) is 0 Å². The largest absolute Gasteiger partial charge is 0.493 e. The van der Waals surface area contributed by atoms with Crippen molar-refractivity contribution in [3.8, 4) is 11.5 Å². The summed E-state index contributed by atoms with van der Waals surface area (Å²) >= 11 is 0. The number of fused-ring (bicyclic) bond motifs is 2. The van der Waals surface area contributed by atoms with Gasteiger partial charge in [0, 0.05) is 18.5 Å². The quantitative estimate of drug-likeness (QED) is 0.788. The Morgan fingerprint density at radius 2 is 1.79 bits per heavy atom. The van der Waals surface area contributed by atoms with Gasteiger partial charge >= 0.3 is 0 Å². The third-order valence-electron chi connectivity index (χ3n) is 3.65. The number of ether oxygens (including phenoxy) is 2. The summed E-state index contributed by atoms with van der Waals surface area (Å²) in [5.74, 6) is 1.54. The van der Waals surface area contributed by atoms with Gasteiger partial charge in [-0.25, -0.2) is 0 Å². The minimum absolute atomic E-state index is 0.301. The Balaban J connectivity index is 2.34. The minimum Gasteiger partial charge on any atom is -0.493 e. The van der Waals surface area contributed by atoms with Crippen LogP contribution in [-0.2, 0) is 0 Å². The highest BCUT2D eigenvalue weighted by Crippen LogP contribution is 2.25. The van der Waals surface area contributed by atoms with Crippen molar-refractivity contribution in [1.82, 2.24) is 4.90 Å². The van der Waals surface area contributed by atoms with Crippen LogP contribution in [0.1, 0.15) is 0 Å². The zero-order valence-corrected chi connectivity index (χ0v) is 11.4. The molecule has 0 amide bonds. The van der Waals surface area contributed by atoms with Crippen LogP contribution >= 0.6 is 0 Å². The predicted molar refractivity (Wildman–Crippen MR) is 76.5 cm³/mol. The van der Waals surface area contributed by atoms with E-state index in [4.69, 9.17) is 9.47 Å². The molecule has 0 N–H and O–H groups in total. The molecule has 0 radical (unpaired) electrons. The minimum atomic E-state index is 0.301. The second-order valence-corrected chi connectivity index (χ2v) is 4.73. The van der Waals surface area contributed by atoms with Crippen LogP contribution in [0, 0.1) is 0 Å². The molecule has 0 saturated carbocycles. The van der Waals surface area contributed by atoms with E-state index >= 15 is 0 Å². The lowest BCUT2D eigenvalue weighted by molar-refractivity contribution is 0.354. The van der Waals surface area contributed by atoms with E-state index in [0.717, 1.165) is 16.7 Å². The van der Waals surface area contributed by atoms with Crippen LogP contribution in [0.5, 0.6) is 11.5 Å². The third kappa shape index (κ3) is 1.82. The molecule has 2 aliphatic rings. The molecule has 0 bridgehead atoms. The molecule has 1 aromatic carbocycles. The number of methoxy groups -OCH3 is 2. The zero-order valence-electron chi connectivity index (χ0n) is 11.4. The highest BCUT2D eigenvalue weighted by Gasteiger charge is 2.20. The van der Waals surface area contributed by atoms with E-state index in [1.807, 2.05) is 6.07 Å². The van der Waals surface area contributed by atoms with Gasteiger partial charge in [0.15, 0.2) is 11.5 Å². The van der Waals surface area contributed by atoms with Gasteiger partial charge in [-0.15, -0.1) is 0 Å². The van der Waals surface area contributed by atoms with Crippen LogP contribution < -0.4 is 19.9 Å². The van der Waals surface area contributed by atoms with Crippen molar-refractivity contribution >= 4 is 11.8 Å². The number of allylic oxidation sites excluding steroid dienone is 2. The second kappa shape index (κ2) is 4.50. The summed E-state index contributed by atoms with van der Waals surface area (Å²) in [6, 6.07) is 4.39. The van der Waals surface area contributed by atoms with Crippen LogP contribution in [0.3, 0.4) is 0 Å². The normalized spacial score (nSPS) is 19.6. The number of likely N-dealkylation sites (N-methyl/N-ethyl adjacent to an activating group) is 1. The summed E-state index contributed by atoms with van der Waals surface area (Å²) in [5, 5.41) is 2.37. The SMILES string of the molecule is COc1cc2c(cc1OC)=C1C=CC=CC1N(C)C=2. The van der Waals surface area contributed by atoms with Crippen LogP contribution in [-0.4, -0.2) is 32.2 Å². The Morgan fingerprint density at radius 1 is 1.05 bits per heavy atom. The van der Waals surface area contributed by atoms with Gasteiger partial charge in [0.1, 0.15) is 0 Å². The van der Waals surface area contributed by atoms with E-state index in [1.165, 1.54) is 10.8 Å². The smallest absolute Gasteiger partial charge is 0.161 e. The Labute approximate surface area is 112 Å². The number of hydrogen-bond donors (Lipinski definition) is 0. The summed E-state index contributed by atoms with van der Waals surface area (Å²) in [6.45, 7) is 0. The average molecular weight is 255 g/mol. The molecule has 1 aliphatic heterocycles. The van der Waals surface area contributed by atoms with Crippen molar-refractivity contribution in [3.05, 3.63) is 46.9 Å². The van der Waals surface area contributed by atoms with Crippen LogP contribution in [0.15, 0.2) is 36.4 Å². The molecule has 0 spiro atoms. The molecule has 1 aromatic rings. The Kier molecular flexibility index (Phi) is 2.82. The maximum absolute atomic E-state index is 5.40. The first-order valence-electron chi connectivity index (χ1n) is 6.29. The summed E-state index contributed by atoms with van der Waals surface area (Å²) in [5.41, 5.74) is 1.29. The number of hydrogen-bond acceptors (Lipinski definition) is 3. The molecule has 0 saturated heterocycles. The van der Waals surface area contributed by atoms with E-state index in [1.54, 1.807) is 14.2 Å². The van der Waals surface area contributed by atoms with Crippen molar-refractivity contribution in [2.45, 2.75) is 6.04 Å². The number of nitrogens with zero attached hydrogens (tertiary/aromatic N) is 1. The Hall–Kier alpha value is -2.16. The lowest BCUT2D eigenvalue weighted by Crippen LogP contribution is -2.42. The monoisotopic (exact) mass is 255 g/mol. The first-order valence-corrected chi connectivity index (χ1v) is 6.29. The van der Waals surface area contributed by atoms with Gasteiger partial charge in [-0.1, -0.05) is 24.3 Å². The van der Waals surface area contributed by atoms with Crippen LogP contribution in [0.2, 0.25) is 0 Å². The first kappa shape index (κ1) is 11.9. The van der Waals surface area contributed by atoms with Crippen LogP contribution in [0.25, 0.3) is 11.8 Å². The van der Waals surface area contributed by atoms with Crippen molar-refractivity contribution in [1.29, 1.82) is 0 Å². The van der Waals surface area contributed by atoms with Crippen molar-refractivity contribution < 1.29 is 9.47 Å². The van der Waals surface area contributed by atoms with Gasteiger partial charge in [0.25, 0.3) is 0 Å². The van der Waals surface area contributed by atoms with Gasteiger partial charge in [0.2, 0.25) is 0 Å². The molecule has 0 aromatic heterocycles. The standard InChI is InChI=1S/C16H17NO2/c1-17-10-11-8-15(18-2)16(19-3)9-13(11)12-6-4-5-7-14(12)17/h4-10,14H,1-3H3. The van der Waals surface area contributed by atoms with Crippen LogP contribution in [0.4, 0.5) is 0 Å². The zero-order chi connectivity index (χ0) is 13.4. The maximum atomic E-state index is 5.40. The lowest BCUT2D eigenvalue weighted by atomic mass is 9.95. The van der Waals surface area contributed by atoms with Gasteiger partial charge in [-0.05, 0) is 22.9 Å². The fraction of sp³-hybridized carbons (Fsp3) is 0.250. The predicted octanol–water partition coefficient (Wildman–Crippen LogP) is 1.03. The molecule has 0 fully saturated rings. The van der Waals surface area contributed by atoms with Gasteiger partial charge < -0.3 is 14.4 Å². The van der Waals surface area contributed by atoms with Crippen molar-refractivity contribution in [2.24, 2.45) is 0 Å². The molecular weight excluding hydrogens is 238 g/mol. The van der Waals surface area contributed by atoms with Crippen molar-refractivity contribution in [2.75, 3.05) is 21.3 Å². The average Bonchev–Trinajstić information content (AvgIpc) is 2.46. The molecule has 3 nitrogen and oxygen atoms in total. The van der Waals surface area contributed by atoms with E-state index < -0.39 is 0 Å². The Morgan fingerprint density at radius 3 is 2.53 bits per heavy atom. The summed E-state index contributed by atoms with van der Waals surface area (Å²) in [4.78, 5) is 2.21. The number of rotatable bonds is 2. The topological polar surface area (TPSA) is 21.7 Å². The van der Waals surface area contributed by atoms with E-state index in [2.05, 4.69) is 48.5 Å². The lowest BCUT2D eigenvalue weighted by Gasteiger charge is -2.30. The first-order chi connectivity index (χ1) is 9.24. The molecule has 3 heteroatoms. The van der Waals surface area contributed by atoms with Gasteiger partial charge in [-0.3, -0.25) is 0 Å². The maximum Gasteiger partial charge on any atom is 0.161 e. The van der Waals surface area contributed by atoms with Gasteiger partial charge in [-0.2, -0.15) is 0 Å².